The largest absolute Gasteiger partial charge is 0.369 e. The number of benzene rings is 1. The highest BCUT2D eigenvalue weighted by molar-refractivity contribution is 6.31. The highest BCUT2D eigenvalue weighted by Crippen LogP contribution is 2.25. The van der Waals surface area contributed by atoms with Crippen LogP contribution >= 0.6 is 11.6 Å². The summed E-state index contributed by atoms with van der Waals surface area (Å²) in [6.45, 7) is 1.45. The van der Waals surface area contributed by atoms with Crippen molar-refractivity contribution in [2.24, 2.45) is 7.05 Å². The second-order valence-corrected chi connectivity index (χ2v) is 5.84. The lowest BCUT2D eigenvalue weighted by Gasteiger charge is -2.19. The summed E-state index contributed by atoms with van der Waals surface area (Å²) < 4.78 is 14.9. The van der Waals surface area contributed by atoms with Crippen LogP contribution < -0.4 is 10.2 Å². The minimum Gasteiger partial charge on any atom is -0.369 e. The van der Waals surface area contributed by atoms with E-state index in [2.05, 4.69) is 15.2 Å². The van der Waals surface area contributed by atoms with Crippen molar-refractivity contribution >= 4 is 23.2 Å². The molecule has 1 aliphatic heterocycles. The van der Waals surface area contributed by atoms with E-state index >= 15 is 0 Å². The Labute approximate surface area is 132 Å². The first-order valence-corrected chi connectivity index (χ1v) is 7.39. The molecule has 0 radical (unpaired) electrons. The Hall–Kier alpha value is -2.08. The van der Waals surface area contributed by atoms with Crippen molar-refractivity contribution in [3.05, 3.63) is 47.3 Å². The molecule has 1 fully saturated rings. The molecule has 0 bridgehead atoms. The molecular formula is C15H16ClFN4O. The smallest absolute Gasteiger partial charge is 0.271 e. The molecule has 1 amide bonds. The van der Waals surface area contributed by atoms with Gasteiger partial charge in [-0.25, -0.2) is 9.37 Å². The number of aromatic nitrogens is 2. The van der Waals surface area contributed by atoms with Gasteiger partial charge in [0.1, 0.15) is 11.5 Å². The summed E-state index contributed by atoms with van der Waals surface area (Å²) in [5.41, 5.74) is 1.27. The average Bonchev–Trinajstić information content (AvgIpc) is 3.11. The molecule has 2 heterocycles. The van der Waals surface area contributed by atoms with Gasteiger partial charge in [-0.2, -0.15) is 0 Å². The number of carbonyl (C=O) groups is 1. The zero-order chi connectivity index (χ0) is 15.7. The van der Waals surface area contributed by atoms with Crippen LogP contribution in [0.15, 0.2) is 30.7 Å². The minimum atomic E-state index is -0.426. The van der Waals surface area contributed by atoms with Gasteiger partial charge in [-0.1, -0.05) is 11.6 Å². The molecule has 1 unspecified atom stereocenters. The molecule has 1 aliphatic rings. The van der Waals surface area contributed by atoms with E-state index in [9.17, 15) is 9.18 Å². The van der Waals surface area contributed by atoms with Gasteiger partial charge in [0.25, 0.3) is 5.91 Å². The number of nitrogens with zero attached hydrogens (tertiary/aromatic N) is 3. The van der Waals surface area contributed by atoms with E-state index in [-0.39, 0.29) is 17.0 Å². The lowest BCUT2D eigenvalue weighted by atomic mass is 10.2. The first-order chi connectivity index (χ1) is 10.5. The molecule has 5 nitrogen and oxygen atoms in total. The molecule has 0 aliphatic carbocycles. The van der Waals surface area contributed by atoms with Gasteiger partial charge in [0.05, 0.1) is 11.3 Å². The summed E-state index contributed by atoms with van der Waals surface area (Å²) in [6, 6.07) is 4.71. The topological polar surface area (TPSA) is 50.2 Å². The summed E-state index contributed by atoms with van der Waals surface area (Å²) in [7, 11) is 1.82. The van der Waals surface area contributed by atoms with E-state index in [1.165, 1.54) is 6.07 Å². The van der Waals surface area contributed by atoms with E-state index in [0.717, 1.165) is 18.7 Å². The molecular weight excluding hydrogens is 307 g/mol. The fourth-order valence-corrected chi connectivity index (χ4v) is 2.76. The fourth-order valence-electron chi connectivity index (χ4n) is 2.58. The molecule has 2 aromatic rings. The van der Waals surface area contributed by atoms with Crippen LogP contribution in [0.1, 0.15) is 16.9 Å². The van der Waals surface area contributed by atoms with Crippen LogP contribution in [-0.2, 0) is 7.05 Å². The van der Waals surface area contributed by atoms with E-state index in [1.54, 1.807) is 29.2 Å². The number of carbonyl (C=O) groups excluding carboxylic acids is 1. The van der Waals surface area contributed by atoms with Gasteiger partial charge < -0.3 is 14.8 Å². The van der Waals surface area contributed by atoms with Crippen LogP contribution in [0.25, 0.3) is 0 Å². The molecule has 7 heteroatoms. The predicted molar refractivity (Wildman–Crippen MR) is 82.7 cm³/mol. The molecule has 1 N–H and O–H groups in total. The minimum absolute atomic E-state index is 0.0401. The van der Waals surface area contributed by atoms with Crippen molar-refractivity contribution in [3.8, 4) is 0 Å². The molecule has 22 heavy (non-hydrogen) atoms. The molecule has 1 aromatic carbocycles. The maximum absolute atomic E-state index is 13.2. The van der Waals surface area contributed by atoms with Gasteiger partial charge in [-0.3, -0.25) is 4.79 Å². The Balaban J connectivity index is 1.62. The Morgan fingerprint density at radius 1 is 1.50 bits per heavy atom. The third kappa shape index (κ3) is 3.06. The van der Waals surface area contributed by atoms with Gasteiger partial charge in [-0.05, 0) is 24.6 Å². The van der Waals surface area contributed by atoms with Crippen molar-refractivity contribution in [3.63, 3.8) is 0 Å². The SMILES string of the molecule is Cn1cnc(C(=O)NC2CCN(c3ccc(F)c(Cl)c3)C2)c1. The van der Waals surface area contributed by atoms with Crippen LogP contribution in [0.2, 0.25) is 5.02 Å². The maximum Gasteiger partial charge on any atom is 0.271 e. The van der Waals surface area contributed by atoms with Crippen LogP contribution in [0.3, 0.4) is 0 Å². The van der Waals surface area contributed by atoms with Crippen molar-refractivity contribution in [1.29, 1.82) is 0 Å². The number of aryl methyl sites for hydroxylation is 1. The monoisotopic (exact) mass is 322 g/mol. The molecule has 1 saturated heterocycles. The van der Waals surface area contributed by atoms with Crippen molar-refractivity contribution < 1.29 is 9.18 Å². The molecule has 3 rings (SSSR count). The fraction of sp³-hybridized carbons (Fsp3) is 0.333. The van der Waals surface area contributed by atoms with Crippen molar-refractivity contribution in [1.82, 2.24) is 14.9 Å². The molecule has 0 saturated carbocycles. The highest BCUT2D eigenvalue weighted by atomic mass is 35.5. The van der Waals surface area contributed by atoms with Crippen LogP contribution in [0.5, 0.6) is 0 Å². The van der Waals surface area contributed by atoms with E-state index in [4.69, 9.17) is 11.6 Å². The first kappa shape index (κ1) is 14.8. The summed E-state index contributed by atoms with van der Waals surface area (Å²) in [6.07, 6.45) is 4.10. The standard InChI is InChI=1S/C15H16ClFN4O/c1-20-8-14(18-9-20)15(22)19-10-4-5-21(7-10)11-2-3-13(17)12(16)6-11/h2-3,6,8-10H,4-5,7H2,1H3,(H,19,22). The number of halogens is 2. The quantitative estimate of drug-likeness (QED) is 0.942. The van der Waals surface area contributed by atoms with Gasteiger partial charge in [-0.15, -0.1) is 0 Å². The number of hydrogen-bond donors (Lipinski definition) is 1. The zero-order valence-electron chi connectivity index (χ0n) is 12.1. The summed E-state index contributed by atoms with van der Waals surface area (Å²) in [4.78, 5) is 18.2. The molecule has 0 spiro atoms. The lowest BCUT2D eigenvalue weighted by molar-refractivity contribution is 0.0935. The number of anilines is 1. The average molecular weight is 323 g/mol. The number of imidazole rings is 1. The normalized spacial score (nSPS) is 17.8. The second kappa shape index (κ2) is 5.96. The number of rotatable bonds is 3. The lowest BCUT2D eigenvalue weighted by Crippen LogP contribution is -2.37. The Kier molecular flexibility index (Phi) is 4.02. The van der Waals surface area contributed by atoms with Crippen LogP contribution in [0.4, 0.5) is 10.1 Å². The van der Waals surface area contributed by atoms with Crippen molar-refractivity contribution in [2.75, 3.05) is 18.0 Å². The first-order valence-electron chi connectivity index (χ1n) is 7.02. The highest BCUT2D eigenvalue weighted by Gasteiger charge is 2.25. The third-order valence-corrected chi connectivity index (χ3v) is 4.02. The number of nitrogens with one attached hydrogen (secondary N) is 1. The second-order valence-electron chi connectivity index (χ2n) is 5.43. The number of hydrogen-bond acceptors (Lipinski definition) is 3. The van der Waals surface area contributed by atoms with E-state index < -0.39 is 5.82 Å². The summed E-state index contributed by atoms with van der Waals surface area (Å²) >= 11 is 5.81. The molecule has 1 aromatic heterocycles. The molecule has 1 atom stereocenters. The number of amides is 1. The third-order valence-electron chi connectivity index (χ3n) is 3.73. The Morgan fingerprint density at radius 2 is 2.32 bits per heavy atom. The van der Waals surface area contributed by atoms with E-state index in [1.807, 2.05) is 7.05 Å². The van der Waals surface area contributed by atoms with Gasteiger partial charge in [0, 0.05) is 38.1 Å². The van der Waals surface area contributed by atoms with Gasteiger partial charge in [0.15, 0.2) is 0 Å². The van der Waals surface area contributed by atoms with E-state index in [0.29, 0.717) is 12.2 Å². The Morgan fingerprint density at radius 3 is 3.00 bits per heavy atom. The predicted octanol–water partition coefficient (Wildman–Crippen LogP) is 2.22. The van der Waals surface area contributed by atoms with Gasteiger partial charge in [0.2, 0.25) is 0 Å². The van der Waals surface area contributed by atoms with Crippen LogP contribution in [-0.4, -0.2) is 34.6 Å². The zero-order valence-corrected chi connectivity index (χ0v) is 12.8. The molecule has 116 valence electrons. The summed E-state index contributed by atoms with van der Waals surface area (Å²) in [5, 5.41) is 3.08. The van der Waals surface area contributed by atoms with Crippen LogP contribution in [0, 0.1) is 5.82 Å². The summed E-state index contributed by atoms with van der Waals surface area (Å²) in [5.74, 6) is -0.603. The van der Waals surface area contributed by atoms with Crippen molar-refractivity contribution in [2.45, 2.75) is 12.5 Å². The maximum atomic E-state index is 13.2. The Bertz CT molecular complexity index is 703. The van der Waals surface area contributed by atoms with Gasteiger partial charge >= 0.3 is 0 Å².